The van der Waals surface area contributed by atoms with Crippen molar-refractivity contribution in [2.24, 2.45) is 0 Å². The maximum Gasteiger partial charge on any atom is 0.212 e. The fourth-order valence-corrected chi connectivity index (χ4v) is 6.52. The van der Waals surface area contributed by atoms with E-state index >= 15 is 0 Å². The standard InChI is InChI=1S/C21H18FN3O2S/c22-21-4-2-16(10-24-21)15-1-3-19-17(9-15)18-12-25(13-20(18)28(19,26)27)11-14-5-7-23-8-6-14/h1-10,18,20H,11-13H2/t18-,20-/m1/s1. The van der Waals surface area contributed by atoms with Crippen LogP contribution in [-0.4, -0.2) is 41.6 Å². The van der Waals surface area contributed by atoms with E-state index in [1.165, 1.54) is 12.3 Å². The molecule has 5 rings (SSSR count). The second kappa shape index (κ2) is 6.46. The minimum atomic E-state index is -3.34. The lowest BCUT2D eigenvalue weighted by Gasteiger charge is -2.17. The van der Waals surface area contributed by atoms with Crippen LogP contribution in [0.5, 0.6) is 0 Å². The van der Waals surface area contributed by atoms with Crippen molar-refractivity contribution in [1.29, 1.82) is 0 Å². The molecule has 5 nitrogen and oxygen atoms in total. The first-order valence-electron chi connectivity index (χ1n) is 9.13. The van der Waals surface area contributed by atoms with Gasteiger partial charge in [-0.2, -0.15) is 4.39 Å². The molecule has 0 aliphatic carbocycles. The monoisotopic (exact) mass is 395 g/mol. The predicted molar refractivity (Wildman–Crippen MR) is 103 cm³/mol. The van der Waals surface area contributed by atoms with Crippen LogP contribution in [0.2, 0.25) is 0 Å². The van der Waals surface area contributed by atoms with E-state index in [0.29, 0.717) is 24.5 Å². The number of pyridine rings is 2. The summed E-state index contributed by atoms with van der Waals surface area (Å²) in [6, 6.07) is 12.3. The summed E-state index contributed by atoms with van der Waals surface area (Å²) < 4.78 is 39.2. The van der Waals surface area contributed by atoms with Gasteiger partial charge in [-0.3, -0.25) is 9.88 Å². The molecule has 142 valence electrons. The van der Waals surface area contributed by atoms with E-state index in [9.17, 15) is 12.8 Å². The third-order valence-corrected chi connectivity index (χ3v) is 7.93. The van der Waals surface area contributed by atoms with Crippen LogP contribution in [0, 0.1) is 5.95 Å². The molecular weight excluding hydrogens is 377 g/mol. The van der Waals surface area contributed by atoms with Crippen molar-refractivity contribution in [3.63, 3.8) is 0 Å². The molecule has 4 heterocycles. The normalized spacial score (nSPS) is 22.8. The molecule has 28 heavy (non-hydrogen) atoms. The van der Waals surface area contributed by atoms with Crippen LogP contribution in [-0.2, 0) is 16.4 Å². The highest BCUT2D eigenvalue weighted by Gasteiger charge is 2.50. The molecule has 1 aromatic carbocycles. The number of hydrogen-bond donors (Lipinski definition) is 0. The summed E-state index contributed by atoms with van der Waals surface area (Å²) in [6.45, 7) is 1.93. The SMILES string of the molecule is O=S1(=O)c2ccc(-c3ccc(F)nc3)cc2[C@H]2CN(Cc3ccncc3)C[C@H]21. The first kappa shape index (κ1) is 17.5. The van der Waals surface area contributed by atoms with E-state index in [4.69, 9.17) is 0 Å². The van der Waals surface area contributed by atoms with E-state index in [1.807, 2.05) is 18.2 Å². The van der Waals surface area contributed by atoms with Gasteiger partial charge in [0.2, 0.25) is 5.95 Å². The lowest BCUT2D eigenvalue weighted by molar-refractivity contribution is 0.325. The zero-order valence-corrected chi connectivity index (χ0v) is 15.8. The van der Waals surface area contributed by atoms with Crippen molar-refractivity contribution in [2.45, 2.75) is 22.6 Å². The highest BCUT2D eigenvalue weighted by molar-refractivity contribution is 7.92. The van der Waals surface area contributed by atoms with Crippen molar-refractivity contribution < 1.29 is 12.8 Å². The Bertz CT molecular complexity index is 1130. The number of benzene rings is 1. The number of sulfone groups is 1. The van der Waals surface area contributed by atoms with Gasteiger partial charge in [0.15, 0.2) is 9.84 Å². The first-order chi connectivity index (χ1) is 13.5. The van der Waals surface area contributed by atoms with Gasteiger partial charge in [0.25, 0.3) is 0 Å². The summed E-state index contributed by atoms with van der Waals surface area (Å²) in [5.41, 5.74) is 3.62. The largest absolute Gasteiger partial charge is 0.297 e. The van der Waals surface area contributed by atoms with E-state index in [-0.39, 0.29) is 5.92 Å². The molecule has 7 heteroatoms. The highest BCUT2D eigenvalue weighted by atomic mass is 32.2. The Labute approximate surface area is 162 Å². The molecule has 0 N–H and O–H groups in total. The van der Waals surface area contributed by atoms with Crippen LogP contribution in [0.15, 0.2) is 66.0 Å². The fraction of sp³-hybridized carbons (Fsp3) is 0.238. The summed E-state index contributed by atoms with van der Waals surface area (Å²) in [7, 11) is -3.34. The summed E-state index contributed by atoms with van der Waals surface area (Å²) >= 11 is 0. The molecule has 0 amide bonds. The molecule has 0 radical (unpaired) electrons. The smallest absolute Gasteiger partial charge is 0.212 e. The molecule has 2 aromatic heterocycles. The van der Waals surface area contributed by atoms with Crippen LogP contribution >= 0.6 is 0 Å². The number of nitrogens with zero attached hydrogens (tertiary/aromatic N) is 3. The van der Waals surface area contributed by atoms with Gasteiger partial charge in [0.1, 0.15) is 0 Å². The Morgan fingerprint density at radius 2 is 1.82 bits per heavy atom. The first-order valence-corrected chi connectivity index (χ1v) is 10.7. The van der Waals surface area contributed by atoms with Crippen LogP contribution in [0.1, 0.15) is 17.0 Å². The average molecular weight is 395 g/mol. The molecule has 2 aliphatic heterocycles. The summed E-state index contributed by atoms with van der Waals surface area (Å²) in [5, 5.41) is -0.411. The molecule has 0 unspecified atom stereocenters. The predicted octanol–water partition coefficient (Wildman–Crippen LogP) is 3.04. The molecule has 2 atom stereocenters. The van der Waals surface area contributed by atoms with Crippen molar-refractivity contribution in [3.8, 4) is 11.1 Å². The number of aromatic nitrogens is 2. The zero-order chi connectivity index (χ0) is 19.3. The average Bonchev–Trinajstić information content (AvgIpc) is 3.21. The van der Waals surface area contributed by atoms with Gasteiger partial charge in [-0.25, -0.2) is 13.4 Å². The number of likely N-dealkylation sites (tertiary alicyclic amines) is 1. The maximum atomic E-state index is 13.1. The Morgan fingerprint density at radius 1 is 1.04 bits per heavy atom. The Morgan fingerprint density at radius 3 is 2.57 bits per heavy atom. The van der Waals surface area contributed by atoms with Gasteiger partial charge in [-0.1, -0.05) is 6.07 Å². The van der Waals surface area contributed by atoms with Gasteiger partial charge >= 0.3 is 0 Å². The van der Waals surface area contributed by atoms with Gasteiger partial charge in [-0.15, -0.1) is 0 Å². The highest BCUT2D eigenvalue weighted by Crippen LogP contribution is 2.46. The van der Waals surface area contributed by atoms with Crippen molar-refractivity contribution >= 4 is 9.84 Å². The number of halogens is 1. The van der Waals surface area contributed by atoms with Crippen molar-refractivity contribution in [1.82, 2.24) is 14.9 Å². The van der Waals surface area contributed by atoms with Gasteiger partial charge in [0.05, 0.1) is 10.1 Å². The molecule has 0 bridgehead atoms. The minimum absolute atomic E-state index is 0.0461. The Kier molecular flexibility index (Phi) is 4.03. The Balaban J connectivity index is 1.48. The zero-order valence-electron chi connectivity index (χ0n) is 15.0. The molecule has 0 saturated carbocycles. The van der Waals surface area contributed by atoms with E-state index in [2.05, 4.69) is 14.9 Å². The van der Waals surface area contributed by atoms with Crippen LogP contribution in [0.25, 0.3) is 11.1 Å². The summed E-state index contributed by atoms with van der Waals surface area (Å²) in [5.74, 6) is -0.578. The van der Waals surface area contributed by atoms with E-state index in [0.717, 1.165) is 22.3 Å². The van der Waals surface area contributed by atoms with Crippen LogP contribution in [0.4, 0.5) is 4.39 Å². The minimum Gasteiger partial charge on any atom is -0.297 e. The third-order valence-electron chi connectivity index (χ3n) is 5.67. The fourth-order valence-electron chi connectivity index (χ4n) is 4.33. The van der Waals surface area contributed by atoms with Crippen LogP contribution in [0.3, 0.4) is 0 Å². The molecular formula is C21H18FN3O2S. The lowest BCUT2D eigenvalue weighted by Crippen LogP contribution is -2.25. The quantitative estimate of drug-likeness (QED) is 0.638. The topological polar surface area (TPSA) is 63.2 Å². The molecule has 2 aliphatic rings. The van der Waals surface area contributed by atoms with E-state index < -0.39 is 21.0 Å². The number of fused-ring (bicyclic) bond motifs is 3. The van der Waals surface area contributed by atoms with Gasteiger partial charge < -0.3 is 0 Å². The molecule has 0 spiro atoms. The van der Waals surface area contributed by atoms with Gasteiger partial charge in [0, 0.05) is 49.7 Å². The van der Waals surface area contributed by atoms with Gasteiger partial charge in [-0.05, 0) is 53.1 Å². The van der Waals surface area contributed by atoms with Crippen molar-refractivity contribution in [2.75, 3.05) is 13.1 Å². The second-order valence-electron chi connectivity index (χ2n) is 7.36. The molecule has 3 aromatic rings. The summed E-state index contributed by atoms with van der Waals surface area (Å²) in [4.78, 5) is 10.4. The van der Waals surface area contributed by atoms with E-state index in [1.54, 1.807) is 30.6 Å². The molecule has 1 saturated heterocycles. The number of rotatable bonds is 3. The Hall–Kier alpha value is -2.64. The summed E-state index contributed by atoms with van der Waals surface area (Å²) in [6.07, 6.45) is 4.98. The van der Waals surface area contributed by atoms with Crippen molar-refractivity contribution in [3.05, 3.63) is 78.1 Å². The van der Waals surface area contributed by atoms with Crippen LogP contribution < -0.4 is 0 Å². The number of hydrogen-bond acceptors (Lipinski definition) is 5. The lowest BCUT2D eigenvalue weighted by atomic mass is 9.95. The second-order valence-corrected chi connectivity index (χ2v) is 9.50. The third kappa shape index (κ3) is 2.82. The maximum absolute atomic E-state index is 13.1. The molecule has 1 fully saturated rings.